The largest absolute Gasteiger partial charge is 0.374 e. The Morgan fingerprint density at radius 3 is 1.05 bits per heavy atom. The third-order valence-electron chi connectivity index (χ3n) is 3.63. The zero-order valence-electron chi connectivity index (χ0n) is 15.1. The molecule has 0 aromatic heterocycles. The zero-order chi connectivity index (χ0) is 15.4. The summed E-state index contributed by atoms with van der Waals surface area (Å²) in [5.74, 6) is 1.37. The van der Waals surface area contributed by atoms with Gasteiger partial charge < -0.3 is 4.74 Å². The third-order valence-corrected chi connectivity index (χ3v) is 3.63. The second-order valence-corrected chi connectivity index (χ2v) is 9.10. The molecule has 0 spiro atoms. The summed E-state index contributed by atoms with van der Waals surface area (Å²) in [5.41, 5.74) is 0.426. The summed E-state index contributed by atoms with van der Waals surface area (Å²) in [6, 6.07) is 0. The molecule has 0 N–H and O–H groups in total. The summed E-state index contributed by atoms with van der Waals surface area (Å²) < 4.78 is 6.60. The summed E-state index contributed by atoms with van der Waals surface area (Å²) in [4.78, 5) is 0. The van der Waals surface area contributed by atoms with Gasteiger partial charge in [0.1, 0.15) is 0 Å². The van der Waals surface area contributed by atoms with Crippen LogP contribution >= 0.6 is 0 Å². The van der Waals surface area contributed by atoms with Gasteiger partial charge in [0.05, 0.1) is 12.2 Å². The zero-order valence-corrected chi connectivity index (χ0v) is 15.1. The van der Waals surface area contributed by atoms with E-state index in [2.05, 4.69) is 69.2 Å². The molecule has 0 heterocycles. The lowest BCUT2D eigenvalue weighted by molar-refractivity contribution is -0.120. The van der Waals surface area contributed by atoms with Crippen molar-refractivity contribution in [1.29, 1.82) is 0 Å². The standard InChI is InChI=1S/C18H38O/c1-13(2)11-15(17(5,6)7)19-16(12-14(3)4)18(8,9)10/h13-16H,11-12H2,1-10H3. The minimum Gasteiger partial charge on any atom is -0.374 e. The highest BCUT2D eigenvalue weighted by Gasteiger charge is 2.34. The quantitative estimate of drug-likeness (QED) is 0.581. The molecule has 0 aliphatic rings. The van der Waals surface area contributed by atoms with Crippen molar-refractivity contribution in [1.82, 2.24) is 0 Å². The van der Waals surface area contributed by atoms with Crippen LogP contribution in [0.15, 0.2) is 0 Å². The van der Waals surface area contributed by atoms with Crippen molar-refractivity contribution in [3.63, 3.8) is 0 Å². The van der Waals surface area contributed by atoms with E-state index in [9.17, 15) is 0 Å². The van der Waals surface area contributed by atoms with Crippen LogP contribution in [0.3, 0.4) is 0 Å². The van der Waals surface area contributed by atoms with Crippen molar-refractivity contribution in [3.05, 3.63) is 0 Å². The summed E-state index contributed by atoms with van der Waals surface area (Å²) in [6.45, 7) is 23.0. The molecule has 0 bridgehead atoms. The Balaban J connectivity index is 4.93. The second kappa shape index (κ2) is 7.11. The smallest absolute Gasteiger partial charge is 0.0629 e. The Hall–Kier alpha value is -0.0400. The topological polar surface area (TPSA) is 9.23 Å². The molecule has 0 aromatic rings. The normalized spacial score (nSPS) is 17.1. The Morgan fingerprint density at radius 2 is 0.895 bits per heavy atom. The lowest BCUT2D eigenvalue weighted by Gasteiger charge is -2.40. The van der Waals surface area contributed by atoms with Gasteiger partial charge in [0.15, 0.2) is 0 Å². The maximum atomic E-state index is 6.60. The average Bonchev–Trinajstić information content (AvgIpc) is 2.10. The van der Waals surface area contributed by atoms with E-state index in [1.54, 1.807) is 0 Å². The first-order chi connectivity index (χ1) is 8.34. The van der Waals surface area contributed by atoms with Crippen molar-refractivity contribution in [3.8, 4) is 0 Å². The van der Waals surface area contributed by atoms with E-state index in [0.29, 0.717) is 24.0 Å². The van der Waals surface area contributed by atoms with Crippen LogP contribution in [-0.4, -0.2) is 12.2 Å². The highest BCUT2D eigenvalue weighted by atomic mass is 16.5. The average molecular weight is 271 g/mol. The van der Waals surface area contributed by atoms with Crippen LogP contribution in [0.25, 0.3) is 0 Å². The van der Waals surface area contributed by atoms with Gasteiger partial charge >= 0.3 is 0 Å². The van der Waals surface area contributed by atoms with Gasteiger partial charge in [-0.25, -0.2) is 0 Å². The fourth-order valence-corrected chi connectivity index (χ4v) is 2.28. The number of rotatable bonds is 6. The van der Waals surface area contributed by atoms with Gasteiger partial charge in [-0.1, -0.05) is 69.2 Å². The third kappa shape index (κ3) is 7.97. The minimum absolute atomic E-state index is 0.213. The Kier molecular flexibility index (Phi) is 7.09. The molecule has 0 radical (unpaired) electrons. The SMILES string of the molecule is CC(C)CC(OC(CC(C)C)C(C)(C)C)C(C)(C)C. The fourth-order valence-electron chi connectivity index (χ4n) is 2.28. The van der Waals surface area contributed by atoms with E-state index in [1.807, 2.05) is 0 Å². The molecule has 0 saturated carbocycles. The summed E-state index contributed by atoms with van der Waals surface area (Å²) >= 11 is 0. The van der Waals surface area contributed by atoms with Gasteiger partial charge in [0.2, 0.25) is 0 Å². The van der Waals surface area contributed by atoms with Gasteiger partial charge in [-0.05, 0) is 35.5 Å². The van der Waals surface area contributed by atoms with Gasteiger partial charge in [-0.15, -0.1) is 0 Å². The van der Waals surface area contributed by atoms with Crippen molar-refractivity contribution < 1.29 is 4.74 Å². The van der Waals surface area contributed by atoms with Crippen LogP contribution in [0.4, 0.5) is 0 Å². The molecule has 2 unspecified atom stereocenters. The van der Waals surface area contributed by atoms with E-state index >= 15 is 0 Å². The van der Waals surface area contributed by atoms with Gasteiger partial charge in [-0.3, -0.25) is 0 Å². The number of hydrogen-bond acceptors (Lipinski definition) is 1. The fraction of sp³-hybridized carbons (Fsp3) is 1.00. The van der Waals surface area contributed by atoms with Crippen LogP contribution in [0, 0.1) is 22.7 Å². The maximum absolute atomic E-state index is 6.60. The van der Waals surface area contributed by atoms with E-state index in [1.165, 1.54) is 0 Å². The molecule has 19 heavy (non-hydrogen) atoms. The molecule has 1 heteroatoms. The van der Waals surface area contributed by atoms with Crippen molar-refractivity contribution in [2.75, 3.05) is 0 Å². The van der Waals surface area contributed by atoms with Gasteiger partial charge in [0.25, 0.3) is 0 Å². The first-order valence-corrected chi connectivity index (χ1v) is 7.99. The molecule has 0 rings (SSSR count). The minimum atomic E-state index is 0.213. The molecule has 0 amide bonds. The summed E-state index contributed by atoms with van der Waals surface area (Å²) in [6.07, 6.45) is 2.98. The molecule has 0 aliphatic heterocycles. The van der Waals surface area contributed by atoms with Crippen molar-refractivity contribution in [2.24, 2.45) is 22.7 Å². The Morgan fingerprint density at radius 1 is 0.632 bits per heavy atom. The first-order valence-electron chi connectivity index (χ1n) is 7.99. The molecule has 0 saturated heterocycles. The van der Waals surface area contributed by atoms with Crippen LogP contribution in [0.2, 0.25) is 0 Å². The molecule has 0 aliphatic carbocycles. The van der Waals surface area contributed by atoms with E-state index in [-0.39, 0.29) is 10.8 Å². The molecule has 1 nitrogen and oxygen atoms in total. The van der Waals surface area contributed by atoms with Gasteiger partial charge in [-0.2, -0.15) is 0 Å². The lowest BCUT2D eigenvalue weighted by Crippen LogP contribution is -2.40. The van der Waals surface area contributed by atoms with Crippen molar-refractivity contribution in [2.45, 2.75) is 94.3 Å². The first kappa shape index (κ1) is 19.0. The van der Waals surface area contributed by atoms with E-state index < -0.39 is 0 Å². The molecule has 0 fully saturated rings. The van der Waals surface area contributed by atoms with Crippen LogP contribution in [0.5, 0.6) is 0 Å². The van der Waals surface area contributed by atoms with Crippen LogP contribution < -0.4 is 0 Å². The predicted molar refractivity (Wildman–Crippen MR) is 86.5 cm³/mol. The van der Waals surface area contributed by atoms with E-state index in [4.69, 9.17) is 4.74 Å². The van der Waals surface area contributed by atoms with Gasteiger partial charge in [0, 0.05) is 0 Å². The van der Waals surface area contributed by atoms with Crippen molar-refractivity contribution >= 4 is 0 Å². The molecule has 2 atom stereocenters. The Bertz CT molecular complexity index is 213. The van der Waals surface area contributed by atoms with Crippen LogP contribution in [0.1, 0.15) is 82.1 Å². The van der Waals surface area contributed by atoms with E-state index in [0.717, 1.165) is 12.8 Å². The maximum Gasteiger partial charge on any atom is 0.0629 e. The highest BCUT2D eigenvalue weighted by Crippen LogP contribution is 2.35. The second-order valence-electron chi connectivity index (χ2n) is 9.10. The Labute approximate surface area is 122 Å². The molecular formula is C18H38O. The predicted octanol–water partition coefficient (Wildman–Crippen LogP) is 5.92. The monoisotopic (exact) mass is 270 g/mol. The highest BCUT2D eigenvalue weighted by molar-refractivity contribution is 4.82. The number of hydrogen-bond donors (Lipinski definition) is 0. The molecule has 0 aromatic carbocycles. The lowest BCUT2D eigenvalue weighted by atomic mass is 9.81. The molecular weight excluding hydrogens is 232 g/mol. The summed E-state index contributed by atoms with van der Waals surface area (Å²) in [5, 5.41) is 0. The molecule has 116 valence electrons. The number of ether oxygens (including phenoxy) is 1. The van der Waals surface area contributed by atoms with Crippen LogP contribution in [-0.2, 0) is 4.74 Å². The summed E-state index contributed by atoms with van der Waals surface area (Å²) in [7, 11) is 0.